The van der Waals surface area contributed by atoms with Gasteiger partial charge in [0.1, 0.15) is 28.8 Å². The molecule has 15 heteroatoms. The highest BCUT2D eigenvalue weighted by Crippen LogP contribution is 2.47. The molecule has 53 heavy (non-hydrogen) atoms. The highest BCUT2D eigenvalue weighted by Gasteiger charge is 2.62. The number of urea groups is 1. The van der Waals surface area contributed by atoms with Crippen LogP contribution in [0.15, 0.2) is 42.6 Å². The second-order valence-corrected chi connectivity index (χ2v) is 17.4. The van der Waals surface area contributed by atoms with Gasteiger partial charge in [-0.25, -0.2) is 18.2 Å². The molecule has 1 aliphatic heterocycles. The predicted octanol–water partition coefficient (Wildman–Crippen LogP) is 4.46. The first kappa shape index (κ1) is 38.1. The molecular weight excluding hydrogens is 699 g/mol. The zero-order chi connectivity index (χ0) is 38.1. The van der Waals surface area contributed by atoms with E-state index in [1.165, 1.54) is 4.90 Å². The lowest BCUT2D eigenvalue weighted by Gasteiger charge is -2.26. The molecule has 286 valence electrons. The van der Waals surface area contributed by atoms with E-state index in [-0.39, 0.29) is 19.4 Å². The number of carbonyl (C=O) groups excluding carboxylic acids is 3. The summed E-state index contributed by atoms with van der Waals surface area (Å²) in [6.45, 7) is 9.04. The van der Waals surface area contributed by atoms with Gasteiger partial charge in [-0.05, 0) is 76.5 Å². The standard InChI is InChI=1S/C38H51N7O7S/c1-24(2)23-45-19-14-28(42-45)30-21-32(27-12-13-31(51-6)25(3)33(27)39-30)52-20-15-29-34(46)41-38(35(47)43-53(49,50)37(4)16-17-37)22-26(38)11-9-7-8-10-18-44(5)36(48)40-29/h9,11-14,19,21,24,26,29H,7-8,10,15-18,20,22-23H2,1-6H3,(H,40,48)(H,41,46)(H,43,47)/t26-,29+,38-/m1/s1. The molecule has 0 bridgehead atoms. The van der Waals surface area contributed by atoms with Gasteiger partial charge < -0.3 is 25.0 Å². The van der Waals surface area contributed by atoms with E-state index >= 15 is 0 Å². The number of benzene rings is 1. The van der Waals surface area contributed by atoms with Crippen LogP contribution in [-0.2, 0) is 26.2 Å². The molecule has 3 aromatic rings. The van der Waals surface area contributed by atoms with Gasteiger partial charge in [-0.3, -0.25) is 19.0 Å². The van der Waals surface area contributed by atoms with Crippen LogP contribution in [0.5, 0.6) is 11.5 Å². The molecule has 2 saturated carbocycles. The van der Waals surface area contributed by atoms with Crippen LogP contribution < -0.4 is 24.8 Å². The number of sulfonamides is 1. The van der Waals surface area contributed by atoms with Gasteiger partial charge in [0.05, 0.1) is 29.7 Å². The number of methoxy groups -OCH3 is 1. The summed E-state index contributed by atoms with van der Waals surface area (Å²) in [5.41, 5.74) is 1.32. The van der Waals surface area contributed by atoms with Crippen molar-refractivity contribution < 1.29 is 32.3 Å². The van der Waals surface area contributed by atoms with Crippen LogP contribution in [0, 0.1) is 18.8 Å². The summed E-state index contributed by atoms with van der Waals surface area (Å²) in [6, 6.07) is 5.90. The quantitative estimate of drug-likeness (QED) is 0.239. The van der Waals surface area contributed by atoms with Gasteiger partial charge in [0, 0.05) is 55.7 Å². The van der Waals surface area contributed by atoms with Crippen molar-refractivity contribution in [2.45, 2.75) is 95.5 Å². The van der Waals surface area contributed by atoms with E-state index < -0.39 is 50.1 Å². The van der Waals surface area contributed by atoms with Gasteiger partial charge in [0.2, 0.25) is 15.9 Å². The SMILES string of the molecule is COc1ccc2c(OCC[C@@H]3NC(=O)N(C)CCCCC=C[C@@H]4C[C@@]4(C(=O)NS(=O)(=O)C4(C)CC4)NC3=O)cc(-c3ccn(CC(C)C)n3)nc2c1C. The number of amides is 4. The van der Waals surface area contributed by atoms with Crippen LogP contribution in [0.25, 0.3) is 22.3 Å². The molecule has 3 heterocycles. The number of carbonyl (C=O) groups is 3. The molecule has 0 radical (unpaired) electrons. The summed E-state index contributed by atoms with van der Waals surface area (Å²) in [6.07, 6.45) is 9.27. The van der Waals surface area contributed by atoms with Gasteiger partial charge in [-0.1, -0.05) is 26.0 Å². The lowest BCUT2D eigenvalue weighted by Crippen LogP contribution is -2.58. The molecule has 6 rings (SSSR count). The number of aryl methyl sites for hydroxylation is 1. The maximum Gasteiger partial charge on any atom is 0.317 e. The number of fused-ring (bicyclic) bond motifs is 2. The number of nitrogens with one attached hydrogen (secondary N) is 3. The Kier molecular flexibility index (Phi) is 10.8. The average Bonchev–Trinajstić information content (AvgIpc) is 3.98. The number of aromatic nitrogens is 3. The topological polar surface area (TPSA) is 174 Å². The zero-order valence-corrected chi connectivity index (χ0v) is 32.2. The summed E-state index contributed by atoms with van der Waals surface area (Å²) in [4.78, 5) is 47.5. The van der Waals surface area contributed by atoms with Crippen LogP contribution in [0.1, 0.15) is 71.3 Å². The van der Waals surface area contributed by atoms with Crippen molar-refractivity contribution in [1.29, 1.82) is 0 Å². The largest absolute Gasteiger partial charge is 0.496 e. The lowest BCUT2D eigenvalue weighted by atomic mass is 10.1. The van der Waals surface area contributed by atoms with Gasteiger partial charge in [0.15, 0.2) is 0 Å². The smallest absolute Gasteiger partial charge is 0.317 e. The van der Waals surface area contributed by atoms with Crippen molar-refractivity contribution >= 4 is 38.8 Å². The molecule has 0 spiro atoms. The van der Waals surface area contributed by atoms with Crippen molar-refractivity contribution in [3.8, 4) is 22.9 Å². The number of hydrogen-bond acceptors (Lipinski definition) is 9. The Morgan fingerprint density at radius 1 is 1.13 bits per heavy atom. The first-order valence-electron chi connectivity index (χ1n) is 18.4. The minimum atomic E-state index is -3.94. The molecule has 3 N–H and O–H groups in total. The molecule has 4 amide bonds. The van der Waals surface area contributed by atoms with E-state index in [0.29, 0.717) is 53.7 Å². The van der Waals surface area contributed by atoms with Crippen molar-refractivity contribution in [1.82, 2.24) is 35.0 Å². The van der Waals surface area contributed by atoms with Gasteiger partial charge in [-0.15, -0.1) is 0 Å². The van der Waals surface area contributed by atoms with Gasteiger partial charge >= 0.3 is 6.03 Å². The lowest BCUT2D eigenvalue weighted by molar-refractivity contribution is -0.130. The van der Waals surface area contributed by atoms with Crippen LogP contribution >= 0.6 is 0 Å². The molecule has 3 aliphatic rings. The second kappa shape index (κ2) is 15.0. The third-order valence-corrected chi connectivity index (χ3v) is 12.7. The van der Waals surface area contributed by atoms with Crippen molar-refractivity contribution in [2.24, 2.45) is 11.8 Å². The van der Waals surface area contributed by atoms with E-state index in [0.717, 1.165) is 36.8 Å². The summed E-state index contributed by atoms with van der Waals surface area (Å²) >= 11 is 0. The Hall–Kier alpha value is -4.66. The number of rotatable bonds is 11. The third kappa shape index (κ3) is 8.14. The second-order valence-electron chi connectivity index (χ2n) is 15.3. The maximum atomic E-state index is 14.1. The van der Waals surface area contributed by atoms with E-state index in [4.69, 9.17) is 19.6 Å². The Morgan fingerprint density at radius 3 is 2.62 bits per heavy atom. The van der Waals surface area contributed by atoms with Gasteiger partial charge in [0.25, 0.3) is 5.91 Å². The molecule has 2 aromatic heterocycles. The van der Waals surface area contributed by atoms with E-state index in [9.17, 15) is 22.8 Å². The minimum Gasteiger partial charge on any atom is -0.496 e. The summed E-state index contributed by atoms with van der Waals surface area (Å²) in [5, 5.41) is 11.2. The third-order valence-electron chi connectivity index (χ3n) is 10.5. The monoisotopic (exact) mass is 749 g/mol. The average molecular weight is 750 g/mol. The maximum absolute atomic E-state index is 14.1. The molecule has 1 aromatic carbocycles. The molecule has 3 atom stereocenters. The molecule has 2 fully saturated rings. The van der Waals surface area contributed by atoms with Crippen LogP contribution in [-0.4, -0.2) is 89.6 Å². The van der Waals surface area contributed by atoms with Crippen LogP contribution in [0.4, 0.5) is 4.79 Å². The Labute approximate surface area is 311 Å². The fourth-order valence-electron chi connectivity index (χ4n) is 6.68. The first-order valence-corrected chi connectivity index (χ1v) is 19.9. The fraction of sp³-hybridized carbons (Fsp3) is 0.553. The summed E-state index contributed by atoms with van der Waals surface area (Å²) in [7, 11) is -0.672. The zero-order valence-electron chi connectivity index (χ0n) is 31.4. The Bertz CT molecular complexity index is 2020. The Balaban J connectivity index is 1.27. The molecule has 14 nitrogen and oxygen atoms in total. The molecular formula is C38H51N7O7S. The minimum absolute atomic E-state index is 0.0166. The summed E-state index contributed by atoms with van der Waals surface area (Å²) < 4.78 is 41.2. The fourth-order valence-corrected chi connectivity index (χ4v) is 8.00. The highest BCUT2D eigenvalue weighted by molar-refractivity contribution is 7.91. The van der Waals surface area contributed by atoms with E-state index in [1.807, 2.05) is 54.2 Å². The Morgan fingerprint density at radius 2 is 1.91 bits per heavy atom. The molecule has 2 aliphatic carbocycles. The van der Waals surface area contributed by atoms with Crippen LogP contribution in [0.2, 0.25) is 0 Å². The molecule has 0 unspecified atom stereocenters. The summed E-state index contributed by atoms with van der Waals surface area (Å²) in [5.74, 6) is -0.169. The van der Waals surface area contributed by atoms with Crippen LogP contribution in [0.3, 0.4) is 0 Å². The number of nitrogens with zero attached hydrogens (tertiary/aromatic N) is 4. The number of allylic oxidation sites excluding steroid dienone is 1. The molecule has 0 saturated heterocycles. The predicted molar refractivity (Wildman–Crippen MR) is 201 cm³/mol. The van der Waals surface area contributed by atoms with Crippen molar-refractivity contribution in [3.63, 3.8) is 0 Å². The first-order chi connectivity index (χ1) is 25.2. The number of hydrogen-bond donors (Lipinski definition) is 3. The van der Waals surface area contributed by atoms with E-state index in [1.54, 1.807) is 21.1 Å². The van der Waals surface area contributed by atoms with Crippen molar-refractivity contribution in [3.05, 3.63) is 48.2 Å². The number of pyridine rings is 1. The van der Waals surface area contributed by atoms with Crippen molar-refractivity contribution in [2.75, 3.05) is 27.3 Å². The van der Waals surface area contributed by atoms with E-state index in [2.05, 4.69) is 29.2 Å². The van der Waals surface area contributed by atoms with Gasteiger partial charge in [-0.2, -0.15) is 5.10 Å². The normalized spacial score (nSPS) is 23.1. The highest BCUT2D eigenvalue weighted by atomic mass is 32.2. The number of ether oxygens (including phenoxy) is 2.